The number of rotatable bonds is 2. The van der Waals surface area contributed by atoms with Gasteiger partial charge in [0.2, 0.25) is 5.91 Å². The van der Waals surface area contributed by atoms with Crippen LogP contribution >= 0.6 is 12.4 Å². The van der Waals surface area contributed by atoms with Gasteiger partial charge in [-0.3, -0.25) is 4.79 Å². The molecule has 7 heteroatoms. The van der Waals surface area contributed by atoms with Crippen LogP contribution in [-0.4, -0.2) is 11.4 Å². The number of halogens is 4. The standard InChI is InChI=1S/C11H11F3N2O.ClH/c12-7-4-6(5-8(13)9(7)14)16-10(17)11(15)2-1-3-11;/h4-5H,1-3,15H2,(H,16,17);1H. The molecule has 0 saturated heterocycles. The van der Waals surface area contributed by atoms with Crippen LogP contribution in [0.2, 0.25) is 0 Å². The molecule has 100 valence electrons. The van der Waals surface area contributed by atoms with Gasteiger partial charge in [-0.1, -0.05) is 0 Å². The Hall–Kier alpha value is -1.27. The zero-order valence-electron chi connectivity index (χ0n) is 9.30. The third-order valence-corrected chi connectivity index (χ3v) is 2.94. The molecule has 0 unspecified atom stereocenters. The second kappa shape index (κ2) is 5.16. The van der Waals surface area contributed by atoms with Gasteiger partial charge in [0.25, 0.3) is 0 Å². The Balaban J connectivity index is 0.00000162. The van der Waals surface area contributed by atoms with E-state index in [9.17, 15) is 18.0 Å². The molecule has 0 aromatic heterocycles. The maximum absolute atomic E-state index is 12.9. The van der Waals surface area contributed by atoms with E-state index in [0.717, 1.165) is 18.6 Å². The lowest BCUT2D eigenvalue weighted by atomic mass is 9.77. The van der Waals surface area contributed by atoms with Gasteiger partial charge in [-0.2, -0.15) is 0 Å². The van der Waals surface area contributed by atoms with Crippen LogP contribution in [0.15, 0.2) is 12.1 Å². The van der Waals surface area contributed by atoms with Gasteiger partial charge in [-0.05, 0) is 19.3 Å². The minimum absolute atomic E-state index is 0. The minimum Gasteiger partial charge on any atom is -0.324 e. The maximum atomic E-state index is 12.9. The summed E-state index contributed by atoms with van der Waals surface area (Å²) in [6.07, 6.45) is 1.91. The van der Waals surface area contributed by atoms with Crippen LogP contribution in [0, 0.1) is 17.5 Å². The summed E-state index contributed by atoms with van der Waals surface area (Å²) in [6, 6.07) is 1.44. The number of hydrogen-bond acceptors (Lipinski definition) is 2. The Morgan fingerprint density at radius 2 is 1.72 bits per heavy atom. The number of nitrogens with two attached hydrogens (primary N) is 1. The second-order valence-electron chi connectivity index (χ2n) is 4.22. The first-order chi connectivity index (χ1) is 7.92. The summed E-state index contributed by atoms with van der Waals surface area (Å²) in [5, 5.41) is 2.28. The zero-order chi connectivity index (χ0) is 12.6. The molecule has 1 fully saturated rings. The Kier molecular flexibility index (Phi) is 4.24. The number of nitrogens with one attached hydrogen (secondary N) is 1. The lowest BCUT2D eigenvalue weighted by Gasteiger charge is -2.36. The highest BCUT2D eigenvalue weighted by atomic mass is 35.5. The number of benzene rings is 1. The minimum atomic E-state index is -1.56. The van der Waals surface area contributed by atoms with Crippen molar-refractivity contribution in [3.8, 4) is 0 Å². The third kappa shape index (κ3) is 2.59. The molecule has 1 amide bonds. The third-order valence-electron chi connectivity index (χ3n) is 2.94. The Labute approximate surface area is 108 Å². The quantitative estimate of drug-likeness (QED) is 0.817. The van der Waals surface area contributed by atoms with E-state index in [4.69, 9.17) is 5.73 Å². The van der Waals surface area contributed by atoms with E-state index in [1.165, 1.54) is 0 Å². The Morgan fingerprint density at radius 3 is 2.11 bits per heavy atom. The van der Waals surface area contributed by atoms with E-state index in [1.54, 1.807) is 0 Å². The summed E-state index contributed by atoms with van der Waals surface area (Å²) in [6.45, 7) is 0. The van der Waals surface area contributed by atoms with Crippen molar-refractivity contribution in [2.45, 2.75) is 24.8 Å². The molecule has 0 heterocycles. The molecule has 1 aromatic carbocycles. The Morgan fingerprint density at radius 1 is 1.22 bits per heavy atom. The fourth-order valence-corrected chi connectivity index (χ4v) is 1.67. The van der Waals surface area contributed by atoms with Crippen molar-refractivity contribution in [3.63, 3.8) is 0 Å². The van der Waals surface area contributed by atoms with Gasteiger partial charge in [0.05, 0.1) is 5.54 Å². The largest absolute Gasteiger partial charge is 0.324 e. The van der Waals surface area contributed by atoms with Gasteiger partial charge in [0.15, 0.2) is 17.5 Å². The molecule has 0 bridgehead atoms. The maximum Gasteiger partial charge on any atom is 0.244 e. The van der Waals surface area contributed by atoms with Crippen molar-refractivity contribution in [3.05, 3.63) is 29.6 Å². The summed E-state index contributed by atoms with van der Waals surface area (Å²) >= 11 is 0. The van der Waals surface area contributed by atoms with Crippen LogP contribution in [0.3, 0.4) is 0 Å². The first kappa shape index (κ1) is 14.8. The fraction of sp³-hybridized carbons (Fsp3) is 0.364. The lowest BCUT2D eigenvalue weighted by Crippen LogP contribution is -2.56. The van der Waals surface area contributed by atoms with Gasteiger partial charge in [0.1, 0.15) is 0 Å². The molecule has 1 saturated carbocycles. The van der Waals surface area contributed by atoms with E-state index in [0.29, 0.717) is 12.8 Å². The van der Waals surface area contributed by atoms with Crippen LogP contribution in [0.4, 0.5) is 18.9 Å². The molecule has 1 aliphatic carbocycles. The van der Waals surface area contributed by atoms with E-state index in [1.807, 2.05) is 0 Å². The molecular weight excluding hydrogens is 269 g/mol. The summed E-state index contributed by atoms with van der Waals surface area (Å²) < 4.78 is 38.4. The van der Waals surface area contributed by atoms with Crippen molar-refractivity contribution in [1.29, 1.82) is 0 Å². The molecule has 18 heavy (non-hydrogen) atoms. The second-order valence-corrected chi connectivity index (χ2v) is 4.22. The summed E-state index contributed by atoms with van der Waals surface area (Å²) in [5.74, 6) is -4.76. The number of carbonyl (C=O) groups excluding carboxylic acids is 1. The molecule has 1 aromatic rings. The molecule has 3 N–H and O–H groups in total. The van der Waals surface area contributed by atoms with Crippen LogP contribution in [0.25, 0.3) is 0 Å². The summed E-state index contributed by atoms with van der Waals surface area (Å²) in [4.78, 5) is 11.6. The van der Waals surface area contributed by atoms with E-state index in [-0.39, 0.29) is 18.1 Å². The molecule has 2 rings (SSSR count). The SMILES string of the molecule is Cl.NC1(C(=O)Nc2cc(F)c(F)c(F)c2)CCC1. The van der Waals surface area contributed by atoms with E-state index in [2.05, 4.69) is 5.32 Å². The zero-order valence-corrected chi connectivity index (χ0v) is 10.1. The Bertz CT molecular complexity index is 454. The molecule has 3 nitrogen and oxygen atoms in total. The van der Waals surface area contributed by atoms with Crippen LogP contribution in [0.5, 0.6) is 0 Å². The molecule has 0 radical (unpaired) electrons. The van der Waals surface area contributed by atoms with Crippen LogP contribution in [-0.2, 0) is 4.79 Å². The number of anilines is 1. The molecular formula is C11H12ClF3N2O. The number of carbonyl (C=O) groups is 1. The van der Waals surface area contributed by atoms with Crippen molar-refractivity contribution < 1.29 is 18.0 Å². The smallest absolute Gasteiger partial charge is 0.244 e. The number of hydrogen-bond donors (Lipinski definition) is 2. The normalized spacial score (nSPS) is 16.4. The van der Waals surface area contributed by atoms with Gasteiger partial charge < -0.3 is 11.1 Å². The van der Waals surface area contributed by atoms with Gasteiger partial charge >= 0.3 is 0 Å². The first-order valence-electron chi connectivity index (χ1n) is 5.17. The van der Waals surface area contributed by atoms with E-state index >= 15 is 0 Å². The van der Waals surface area contributed by atoms with Gasteiger partial charge in [-0.25, -0.2) is 13.2 Å². The number of amides is 1. The predicted octanol–water partition coefficient (Wildman–Crippen LogP) is 2.35. The fourth-order valence-electron chi connectivity index (χ4n) is 1.67. The molecule has 1 aliphatic rings. The van der Waals surface area contributed by atoms with E-state index < -0.39 is 28.9 Å². The van der Waals surface area contributed by atoms with Crippen LogP contribution < -0.4 is 11.1 Å². The average molecular weight is 281 g/mol. The average Bonchev–Trinajstić information content (AvgIpc) is 2.22. The highest BCUT2D eigenvalue weighted by molar-refractivity contribution is 5.98. The summed E-state index contributed by atoms with van der Waals surface area (Å²) in [7, 11) is 0. The predicted molar refractivity (Wildman–Crippen MR) is 63.0 cm³/mol. The van der Waals surface area contributed by atoms with Crippen molar-refractivity contribution in [1.82, 2.24) is 0 Å². The lowest BCUT2D eigenvalue weighted by molar-refractivity contribution is -0.123. The molecule has 0 atom stereocenters. The monoisotopic (exact) mass is 280 g/mol. The molecule has 0 aliphatic heterocycles. The highest BCUT2D eigenvalue weighted by Gasteiger charge is 2.40. The topological polar surface area (TPSA) is 55.1 Å². The van der Waals surface area contributed by atoms with Crippen LogP contribution in [0.1, 0.15) is 19.3 Å². The van der Waals surface area contributed by atoms with Gasteiger partial charge in [0, 0.05) is 17.8 Å². The first-order valence-corrected chi connectivity index (χ1v) is 5.17. The molecule has 0 spiro atoms. The van der Waals surface area contributed by atoms with Gasteiger partial charge in [-0.15, -0.1) is 12.4 Å². The van der Waals surface area contributed by atoms with Crippen molar-refractivity contribution in [2.24, 2.45) is 5.73 Å². The van der Waals surface area contributed by atoms with Crippen molar-refractivity contribution >= 4 is 24.0 Å². The van der Waals surface area contributed by atoms with Crippen molar-refractivity contribution in [2.75, 3.05) is 5.32 Å². The highest BCUT2D eigenvalue weighted by Crippen LogP contribution is 2.30. The summed E-state index contributed by atoms with van der Waals surface area (Å²) in [5.41, 5.74) is 4.62.